The van der Waals surface area contributed by atoms with Crippen LogP contribution in [0.4, 0.5) is 0 Å². The highest BCUT2D eigenvalue weighted by Crippen LogP contribution is 2.24. The van der Waals surface area contributed by atoms with Gasteiger partial charge in [-0.3, -0.25) is 4.68 Å². The lowest BCUT2D eigenvalue weighted by Crippen LogP contribution is -2.22. The van der Waals surface area contributed by atoms with E-state index in [1.54, 1.807) is 0 Å². The predicted molar refractivity (Wildman–Crippen MR) is 77.3 cm³/mol. The van der Waals surface area contributed by atoms with Gasteiger partial charge in [-0.25, -0.2) is 0 Å². The maximum Gasteiger partial charge on any atom is 0.0644 e. The number of ether oxygens (including phenoxy) is 1. The zero-order valence-corrected chi connectivity index (χ0v) is 12.7. The molecule has 0 bridgehead atoms. The highest BCUT2D eigenvalue weighted by atomic mass is 16.5. The van der Waals surface area contributed by atoms with Gasteiger partial charge in [0.05, 0.1) is 5.69 Å². The van der Waals surface area contributed by atoms with Gasteiger partial charge in [-0.15, -0.1) is 0 Å². The minimum atomic E-state index is 0.383. The first-order valence-corrected chi connectivity index (χ1v) is 7.48. The smallest absolute Gasteiger partial charge is 0.0644 e. The lowest BCUT2D eigenvalue weighted by molar-refractivity contribution is 0.0599. The van der Waals surface area contributed by atoms with Gasteiger partial charge in [-0.1, -0.05) is 6.92 Å². The van der Waals surface area contributed by atoms with E-state index in [9.17, 15) is 0 Å². The van der Waals surface area contributed by atoms with Gasteiger partial charge in [0.25, 0.3) is 0 Å². The third-order valence-electron chi connectivity index (χ3n) is 4.15. The molecule has 1 fully saturated rings. The van der Waals surface area contributed by atoms with Crippen molar-refractivity contribution in [1.29, 1.82) is 0 Å². The number of aromatic nitrogens is 2. The van der Waals surface area contributed by atoms with Gasteiger partial charge < -0.3 is 10.1 Å². The number of aryl methyl sites for hydroxylation is 1. The Bertz CT molecular complexity index is 408. The molecule has 108 valence electrons. The average Bonchev–Trinajstić information content (AvgIpc) is 2.66. The maximum atomic E-state index is 5.43. The first kappa shape index (κ1) is 14.5. The minimum Gasteiger partial charge on any atom is -0.381 e. The predicted octanol–water partition coefficient (Wildman–Crippen LogP) is 2.60. The number of rotatable bonds is 5. The zero-order valence-electron chi connectivity index (χ0n) is 12.7. The van der Waals surface area contributed by atoms with Crippen LogP contribution >= 0.6 is 0 Å². The van der Waals surface area contributed by atoms with Crippen molar-refractivity contribution in [3.05, 3.63) is 17.0 Å². The van der Waals surface area contributed by atoms with E-state index >= 15 is 0 Å². The summed E-state index contributed by atoms with van der Waals surface area (Å²) < 4.78 is 7.63. The summed E-state index contributed by atoms with van der Waals surface area (Å²) in [5.41, 5.74) is 3.85. The van der Waals surface area contributed by atoms with Crippen molar-refractivity contribution in [3.63, 3.8) is 0 Å². The van der Waals surface area contributed by atoms with E-state index in [2.05, 4.69) is 37.7 Å². The Kier molecular flexibility index (Phi) is 4.99. The first-order chi connectivity index (χ1) is 9.13. The number of hydrogen-bond donors (Lipinski definition) is 1. The van der Waals surface area contributed by atoms with Gasteiger partial charge in [0.15, 0.2) is 0 Å². The summed E-state index contributed by atoms with van der Waals surface area (Å²) in [5, 5.41) is 8.23. The molecule has 1 saturated heterocycles. The second kappa shape index (κ2) is 6.53. The number of nitrogens with zero attached hydrogens (tertiary/aromatic N) is 2. The Labute approximate surface area is 116 Å². The summed E-state index contributed by atoms with van der Waals surface area (Å²) in [6.45, 7) is 12.5. The van der Waals surface area contributed by atoms with Gasteiger partial charge in [0.1, 0.15) is 0 Å². The molecule has 1 aromatic rings. The molecule has 4 nitrogen and oxygen atoms in total. The molecular weight excluding hydrogens is 238 g/mol. The van der Waals surface area contributed by atoms with Gasteiger partial charge in [-0.05, 0) is 46.1 Å². The third kappa shape index (κ3) is 3.37. The second-order valence-corrected chi connectivity index (χ2v) is 5.60. The molecule has 1 unspecified atom stereocenters. The van der Waals surface area contributed by atoms with Crippen LogP contribution in [0.3, 0.4) is 0 Å². The molecule has 1 aromatic heterocycles. The maximum absolute atomic E-state index is 5.43. The van der Waals surface area contributed by atoms with E-state index in [4.69, 9.17) is 9.84 Å². The molecule has 2 heterocycles. The van der Waals surface area contributed by atoms with Crippen molar-refractivity contribution >= 4 is 0 Å². The SMILES string of the molecule is CCNC(C)c1c(C)nn(CC2CCOCC2)c1C. The van der Waals surface area contributed by atoms with E-state index in [1.807, 2.05) is 0 Å². The Balaban J connectivity index is 2.11. The zero-order chi connectivity index (χ0) is 13.8. The molecule has 0 aromatic carbocycles. The molecule has 0 saturated carbocycles. The van der Waals surface area contributed by atoms with Gasteiger partial charge in [-0.2, -0.15) is 5.10 Å². The molecule has 1 atom stereocenters. The summed E-state index contributed by atoms with van der Waals surface area (Å²) >= 11 is 0. The van der Waals surface area contributed by atoms with Gasteiger partial charge >= 0.3 is 0 Å². The molecule has 1 aliphatic heterocycles. The van der Waals surface area contributed by atoms with Crippen LogP contribution in [0.2, 0.25) is 0 Å². The van der Waals surface area contributed by atoms with Crippen molar-refractivity contribution in [2.24, 2.45) is 5.92 Å². The fraction of sp³-hybridized carbons (Fsp3) is 0.800. The third-order valence-corrected chi connectivity index (χ3v) is 4.15. The fourth-order valence-corrected chi connectivity index (χ4v) is 3.10. The van der Waals surface area contributed by atoms with Crippen LogP contribution in [0.1, 0.15) is 49.7 Å². The van der Waals surface area contributed by atoms with Crippen LogP contribution in [0, 0.1) is 19.8 Å². The fourth-order valence-electron chi connectivity index (χ4n) is 3.10. The monoisotopic (exact) mass is 265 g/mol. The molecule has 1 aliphatic rings. The second-order valence-electron chi connectivity index (χ2n) is 5.60. The Hall–Kier alpha value is -0.870. The normalized spacial score (nSPS) is 18.7. The molecule has 1 N–H and O–H groups in total. The van der Waals surface area contributed by atoms with Crippen LogP contribution in [0.25, 0.3) is 0 Å². The van der Waals surface area contributed by atoms with Crippen molar-refractivity contribution in [3.8, 4) is 0 Å². The van der Waals surface area contributed by atoms with Gasteiger partial charge in [0.2, 0.25) is 0 Å². The van der Waals surface area contributed by atoms with Crippen LogP contribution in [-0.2, 0) is 11.3 Å². The summed E-state index contributed by atoms with van der Waals surface area (Å²) in [5.74, 6) is 0.717. The first-order valence-electron chi connectivity index (χ1n) is 7.48. The lowest BCUT2D eigenvalue weighted by atomic mass is 10.0. The van der Waals surface area contributed by atoms with Crippen molar-refractivity contribution < 1.29 is 4.74 Å². The van der Waals surface area contributed by atoms with Crippen LogP contribution in [0.5, 0.6) is 0 Å². The average molecular weight is 265 g/mol. The Morgan fingerprint density at radius 3 is 2.68 bits per heavy atom. The highest BCUT2D eigenvalue weighted by Gasteiger charge is 2.20. The number of nitrogens with one attached hydrogen (secondary N) is 1. The molecule has 2 rings (SSSR count). The summed E-state index contributed by atoms with van der Waals surface area (Å²) in [6, 6.07) is 0.383. The van der Waals surface area contributed by atoms with E-state index < -0.39 is 0 Å². The Morgan fingerprint density at radius 1 is 1.37 bits per heavy atom. The van der Waals surface area contributed by atoms with E-state index in [0.717, 1.165) is 44.8 Å². The minimum absolute atomic E-state index is 0.383. The largest absolute Gasteiger partial charge is 0.381 e. The standard InChI is InChI=1S/C15H27N3O/c1-5-16-11(2)15-12(3)17-18(13(15)4)10-14-6-8-19-9-7-14/h11,14,16H,5-10H2,1-4H3. The van der Waals surface area contributed by atoms with Crippen LogP contribution in [0.15, 0.2) is 0 Å². The topological polar surface area (TPSA) is 39.1 Å². The van der Waals surface area contributed by atoms with Crippen molar-refractivity contribution in [2.75, 3.05) is 19.8 Å². The molecule has 0 radical (unpaired) electrons. The summed E-state index contributed by atoms with van der Waals surface area (Å²) in [7, 11) is 0. The molecule has 0 aliphatic carbocycles. The molecule has 4 heteroatoms. The summed E-state index contributed by atoms with van der Waals surface area (Å²) in [4.78, 5) is 0. The van der Waals surface area contributed by atoms with Crippen molar-refractivity contribution in [1.82, 2.24) is 15.1 Å². The summed E-state index contributed by atoms with van der Waals surface area (Å²) in [6.07, 6.45) is 2.33. The molecule has 0 amide bonds. The lowest BCUT2D eigenvalue weighted by Gasteiger charge is -2.22. The van der Waals surface area contributed by atoms with Crippen LogP contribution < -0.4 is 5.32 Å². The van der Waals surface area contributed by atoms with E-state index in [-0.39, 0.29) is 0 Å². The Morgan fingerprint density at radius 2 is 2.05 bits per heavy atom. The number of hydrogen-bond acceptors (Lipinski definition) is 3. The molecular formula is C15H27N3O. The highest BCUT2D eigenvalue weighted by molar-refractivity contribution is 5.27. The van der Waals surface area contributed by atoms with E-state index in [1.165, 1.54) is 11.3 Å². The van der Waals surface area contributed by atoms with Crippen LogP contribution in [-0.4, -0.2) is 29.5 Å². The molecule has 0 spiro atoms. The van der Waals surface area contributed by atoms with Gasteiger partial charge in [0, 0.05) is 37.1 Å². The molecule has 19 heavy (non-hydrogen) atoms. The van der Waals surface area contributed by atoms with Crippen molar-refractivity contribution in [2.45, 2.75) is 53.1 Å². The quantitative estimate of drug-likeness (QED) is 0.889. The van der Waals surface area contributed by atoms with E-state index in [0.29, 0.717) is 12.0 Å².